The average molecular weight is 204 g/mol. The first-order valence-electron chi connectivity index (χ1n) is 5.32. The number of rotatable bonds is 3. The molecule has 0 aromatic heterocycles. The number of allylic oxidation sites excluding steroid dienone is 1. The van der Waals surface area contributed by atoms with E-state index < -0.39 is 0 Å². The second-order valence-electron chi connectivity index (χ2n) is 4.94. The molecule has 0 fully saturated rings. The standard InChI is InChI=1S/C14H20O/c1-14(2,3)11-5-6-12-7-9-13(15-4)10-8-12/h5-10H,11H2,1-4H3/b6-5+. The molecular weight excluding hydrogens is 184 g/mol. The average Bonchev–Trinajstić information content (AvgIpc) is 2.17. The Morgan fingerprint density at radius 3 is 2.20 bits per heavy atom. The molecule has 1 aromatic rings. The Hall–Kier alpha value is -1.24. The zero-order valence-corrected chi connectivity index (χ0v) is 10.1. The molecular formula is C14H20O. The smallest absolute Gasteiger partial charge is 0.118 e. The highest BCUT2D eigenvalue weighted by atomic mass is 16.5. The number of hydrogen-bond acceptors (Lipinski definition) is 1. The molecule has 1 nitrogen and oxygen atoms in total. The van der Waals surface area contributed by atoms with Gasteiger partial charge in [-0.1, -0.05) is 45.1 Å². The van der Waals surface area contributed by atoms with Crippen molar-refractivity contribution in [3.05, 3.63) is 35.9 Å². The first-order chi connectivity index (χ1) is 7.01. The monoisotopic (exact) mass is 204 g/mol. The molecule has 0 saturated carbocycles. The van der Waals surface area contributed by atoms with Gasteiger partial charge in [0.25, 0.3) is 0 Å². The Morgan fingerprint density at radius 2 is 1.73 bits per heavy atom. The Kier molecular flexibility index (Phi) is 3.96. The molecule has 0 amide bonds. The Bertz CT molecular complexity index is 314. The van der Waals surface area contributed by atoms with Gasteiger partial charge in [-0.15, -0.1) is 0 Å². The Balaban J connectivity index is 2.57. The van der Waals surface area contributed by atoms with Crippen molar-refractivity contribution in [3.63, 3.8) is 0 Å². The van der Waals surface area contributed by atoms with Crippen LogP contribution in [0.1, 0.15) is 32.8 Å². The maximum atomic E-state index is 5.10. The van der Waals surface area contributed by atoms with E-state index in [9.17, 15) is 0 Å². The minimum atomic E-state index is 0.364. The normalized spacial score (nSPS) is 12.0. The Morgan fingerprint density at radius 1 is 1.13 bits per heavy atom. The van der Waals surface area contributed by atoms with Gasteiger partial charge in [0.15, 0.2) is 0 Å². The topological polar surface area (TPSA) is 9.23 Å². The molecule has 0 bridgehead atoms. The van der Waals surface area contributed by atoms with Gasteiger partial charge in [0.05, 0.1) is 7.11 Å². The van der Waals surface area contributed by atoms with Crippen LogP contribution in [0, 0.1) is 5.41 Å². The zero-order valence-electron chi connectivity index (χ0n) is 10.1. The van der Waals surface area contributed by atoms with Crippen molar-refractivity contribution >= 4 is 6.08 Å². The van der Waals surface area contributed by atoms with Crippen LogP contribution in [0.15, 0.2) is 30.3 Å². The van der Waals surface area contributed by atoms with Crippen LogP contribution in [-0.4, -0.2) is 7.11 Å². The van der Waals surface area contributed by atoms with E-state index in [1.54, 1.807) is 7.11 Å². The summed E-state index contributed by atoms with van der Waals surface area (Å²) in [5, 5.41) is 0. The van der Waals surface area contributed by atoms with Crippen LogP contribution in [0.25, 0.3) is 6.08 Å². The summed E-state index contributed by atoms with van der Waals surface area (Å²) in [6.07, 6.45) is 5.48. The molecule has 0 aliphatic heterocycles. The van der Waals surface area contributed by atoms with E-state index in [1.807, 2.05) is 12.1 Å². The van der Waals surface area contributed by atoms with E-state index in [0.29, 0.717) is 5.41 Å². The van der Waals surface area contributed by atoms with Crippen LogP contribution < -0.4 is 4.74 Å². The third kappa shape index (κ3) is 4.68. The molecule has 0 unspecified atom stereocenters. The van der Waals surface area contributed by atoms with Gasteiger partial charge in [0.1, 0.15) is 5.75 Å². The fourth-order valence-electron chi connectivity index (χ4n) is 1.26. The second-order valence-corrected chi connectivity index (χ2v) is 4.94. The SMILES string of the molecule is COc1ccc(/C=C/CC(C)(C)C)cc1. The summed E-state index contributed by atoms with van der Waals surface area (Å²) in [5.41, 5.74) is 1.59. The van der Waals surface area contributed by atoms with Crippen molar-refractivity contribution in [2.75, 3.05) is 7.11 Å². The van der Waals surface area contributed by atoms with Gasteiger partial charge >= 0.3 is 0 Å². The fraction of sp³-hybridized carbons (Fsp3) is 0.429. The lowest BCUT2D eigenvalue weighted by Gasteiger charge is -2.14. The third-order valence-electron chi connectivity index (χ3n) is 2.16. The summed E-state index contributed by atoms with van der Waals surface area (Å²) in [5.74, 6) is 0.906. The molecule has 1 heteroatoms. The minimum Gasteiger partial charge on any atom is -0.497 e. The van der Waals surface area contributed by atoms with Crippen molar-refractivity contribution in [2.24, 2.45) is 5.41 Å². The lowest BCUT2D eigenvalue weighted by Crippen LogP contribution is -2.01. The van der Waals surface area contributed by atoms with Crippen molar-refractivity contribution in [2.45, 2.75) is 27.2 Å². The van der Waals surface area contributed by atoms with Crippen LogP contribution in [-0.2, 0) is 0 Å². The van der Waals surface area contributed by atoms with E-state index >= 15 is 0 Å². The molecule has 1 rings (SSSR count). The van der Waals surface area contributed by atoms with Gasteiger partial charge in [-0.3, -0.25) is 0 Å². The summed E-state index contributed by atoms with van der Waals surface area (Å²) >= 11 is 0. The quantitative estimate of drug-likeness (QED) is 0.719. The summed E-state index contributed by atoms with van der Waals surface area (Å²) in [4.78, 5) is 0. The van der Waals surface area contributed by atoms with Crippen LogP contribution >= 0.6 is 0 Å². The van der Waals surface area contributed by atoms with Gasteiger partial charge in [-0.05, 0) is 29.5 Å². The highest BCUT2D eigenvalue weighted by Gasteiger charge is 2.06. The van der Waals surface area contributed by atoms with E-state index in [1.165, 1.54) is 5.56 Å². The summed E-state index contributed by atoms with van der Waals surface area (Å²) in [7, 11) is 1.68. The first-order valence-corrected chi connectivity index (χ1v) is 5.32. The Labute approximate surface area is 92.8 Å². The minimum absolute atomic E-state index is 0.364. The molecule has 0 aliphatic carbocycles. The molecule has 0 aliphatic rings. The van der Waals surface area contributed by atoms with Gasteiger partial charge in [-0.2, -0.15) is 0 Å². The lowest BCUT2D eigenvalue weighted by atomic mass is 9.92. The summed E-state index contributed by atoms with van der Waals surface area (Å²) in [6.45, 7) is 6.72. The number of methoxy groups -OCH3 is 1. The van der Waals surface area contributed by atoms with Crippen molar-refractivity contribution in [1.29, 1.82) is 0 Å². The molecule has 0 radical (unpaired) electrons. The highest BCUT2D eigenvalue weighted by Crippen LogP contribution is 2.20. The predicted molar refractivity (Wildman–Crippen MR) is 66.1 cm³/mol. The van der Waals surface area contributed by atoms with Crippen molar-refractivity contribution in [1.82, 2.24) is 0 Å². The third-order valence-corrected chi connectivity index (χ3v) is 2.16. The molecule has 1 aromatic carbocycles. The second kappa shape index (κ2) is 5.01. The van der Waals surface area contributed by atoms with E-state index in [0.717, 1.165) is 12.2 Å². The van der Waals surface area contributed by atoms with Crippen LogP contribution in [0.5, 0.6) is 5.75 Å². The van der Waals surface area contributed by atoms with Crippen LogP contribution in [0.3, 0.4) is 0 Å². The van der Waals surface area contributed by atoms with Crippen molar-refractivity contribution in [3.8, 4) is 5.75 Å². The van der Waals surface area contributed by atoms with Crippen molar-refractivity contribution < 1.29 is 4.74 Å². The predicted octanol–water partition coefficient (Wildman–Crippen LogP) is 4.14. The number of ether oxygens (including phenoxy) is 1. The lowest BCUT2D eigenvalue weighted by molar-refractivity contribution is 0.414. The number of benzene rings is 1. The maximum absolute atomic E-state index is 5.10. The van der Waals surface area contributed by atoms with Gasteiger partial charge < -0.3 is 4.74 Å². The largest absolute Gasteiger partial charge is 0.497 e. The molecule has 0 heterocycles. The van der Waals surface area contributed by atoms with Crippen LogP contribution in [0.4, 0.5) is 0 Å². The molecule has 0 spiro atoms. The first kappa shape index (κ1) is 11.8. The molecule has 0 atom stereocenters. The highest BCUT2D eigenvalue weighted by molar-refractivity contribution is 5.50. The molecule has 0 N–H and O–H groups in total. The summed E-state index contributed by atoms with van der Waals surface area (Å²) in [6, 6.07) is 8.10. The zero-order chi connectivity index (χ0) is 11.3. The maximum Gasteiger partial charge on any atom is 0.118 e. The number of hydrogen-bond donors (Lipinski definition) is 0. The van der Waals surface area contributed by atoms with Crippen LogP contribution in [0.2, 0.25) is 0 Å². The van der Waals surface area contributed by atoms with E-state index in [2.05, 4.69) is 45.1 Å². The van der Waals surface area contributed by atoms with Gasteiger partial charge in [0, 0.05) is 0 Å². The van der Waals surface area contributed by atoms with E-state index in [4.69, 9.17) is 4.74 Å². The fourth-order valence-corrected chi connectivity index (χ4v) is 1.26. The molecule has 0 saturated heterocycles. The molecule has 15 heavy (non-hydrogen) atoms. The molecule has 82 valence electrons. The van der Waals surface area contributed by atoms with Gasteiger partial charge in [0.2, 0.25) is 0 Å². The van der Waals surface area contributed by atoms with Gasteiger partial charge in [-0.25, -0.2) is 0 Å². The summed E-state index contributed by atoms with van der Waals surface area (Å²) < 4.78 is 5.10. The van der Waals surface area contributed by atoms with E-state index in [-0.39, 0.29) is 0 Å².